The van der Waals surface area contributed by atoms with Gasteiger partial charge in [0.25, 0.3) is 5.69 Å². The number of pyridine rings is 1. The lowest BCUT2D eigenvalue weighted by Gasteiger charge is -2.08. The summed E-state index contributed by atoms with van der Waals surface area (Å²) >= 11 is 0. The van der Waals surface area contributed by atoms with E-state index in [1.165, 1.54) is 38.4 Å². The van der Waals surface area contributed by atoms with Crippen LogP contribution in [0.4, 0.5) is 11.4 Å². The number of hydrogen-bond donors (Lipinski definition) is 1. The fourth-order valence-electron chi connectivity index (χ4n) is 3.48. The van der Waals surface area contributed by atoms with Crippen molar-refractivity contribution in [3.05, 3.63) is 88.1 Å². The molecule has 0 aliphatic heterocycles. The largest absolute Gasteiger partial charge is 0.494 e. The standard InChI is InChI=1S/C23H18N4O5/c1-14(28)26-19-12-17(27(30)31)9-10-18(19)21(23(26)29)22(15-6-4-3-5-7-15)25-16-8-11-20(32-2)24-13-16/h3-13,29H,1-2H3. The predicted octanol–water partition coefficient (Wildman–Crippen LogP) is 4.49. The molecule has 0 unspecified atom stereocenters. The molecule has 0 spiro atoms. The highest BCUT2D eigenvalue weighted by Gasteiger charge is 2.25. The molecule has 2 aromatic heterocycles. The van der Waals surface area contributed by atoms with Crippen molar-refractivity contribution < 1.29 is 19.6 Å². The van der Waals surface area contributed by atoms with Crippen LogP contribution in [-0.2, 0) is 0 Å². The number of ether oxygens (including phenoxy) is 1. The number of methoxy groups -OCH3 is 1. The number of carbonyl (C=O) groups excluding carboxylic acids is 1. The smallest absolute Gasteiger partial charge is 0.271 e. The Morgan fingerprint density at radius 3 is 2.50 bits per heavy atom. The maximum atomic E-state index is 12.3. The Labute approximate surface area is 182 Å². The Morgan fingerprint density at radius 1 is 1.16 bits per heavy atom. The molecule has 0 radical (unpaired) electrons. The summed E-state index contributed by atoms with van der Waals surface area (Å²) in [6, 6.07) is 16.6. The molecule has 0 aliphatic rings. The number of nitro benzene ring substituents is 1. The van der Waals surface area contributed by atoms with E-state index in [1.807, 2.05) is 30.3 Å². The van der Waals surface area contributed by atoms with E-state index in [9.17, 15) is 20.0 Å². The van der Waals surface area contributed by atoms with Crippen LogP contribution in [0.5, 0.6) is 11.8 Å². The molecule has 4 aromatic rings. The summed E-state index contributed by atoms with van der Waals surface area (Å²) < 4.78 is 6.13. The van der Waals surface area contributed by atoms with Crippen LogP contribution >= 0.6 is 0 Å². The first-order chi connectivity index (χ1) is 15.4. The number of nitrogens with zero attached hydrogens (tertiary/aromatic N) is 4. The van der Waals surface area contributed by atoms with E-state index in [4.69, 9.17) is 9.73 Å². The van der Waals surface area contributed by atoms with Crippen LogP contribution in [0.3, 0.4) is 0 Å². The van der Waals surface area contributed by atoms with Gasteiger partial charge in [0.15, 0.2) is 0 Å². The van der Waals surface area contributed by atoms with E-state index in [1.54, 1.807) is 12.1 Å². The molecule has 4 rings (SSSR count). The fourth-order valence-corrected chi connectivity index (χ4v) is 3.48. The molecule has 0 amide bonds. The molecule has 0 bridgehead atoms. The highest BCUT2D eigenvalue weighted by Crippen LogP contribution is 2.36. The normalized spacial score (nSPS) is 11.5. The van der Waals surface area contributed by atoms with E-state index in [0.717, 1.165) is 4.57 Å². The third kappa shape index (κ3) is 3.67. The molecule has 2 heterocycles. The van der Waals surface area contributed by atoms with Gasteiger partial charge in [0.05, 0.1) is 40.7 Å². The molecule has 0 fully saturated rings. The summed E-state index contributed by atoms with van der Waals surface area (Å²) in [5, 5.41) is 22.8. The minimum absolute atomic E-state index is 0.193. The minimum atomic E-state index is -0.553. The summed E-state index contributed by atoms with van der Waals surface area (Å²) in [7, 11) is 1.51. The van der Waals surface area contributed by atoms with Crippen LogP contribution in [0.1, 0.15) is 22.8 Å². The van der Waals surface area contributed by atoms with Gasteiger partial charge in [-0.25, -0.2) is 14.5 Å². The quantitative estimate of drug-likeness (QED) is 0.283. The maximum Gasteiger partial charge on any atom is 0.271 e. The molecule has 9 heteroatoms. The van der Waals surface area contributed by atoms with Gasteiger partial charge in [-0.3, -0.25) is 14.9 Å². The van der Waals surface area contributed by atoms with E-state index >= 15 is 0 Å². The SMILES string of the molecule is COc1ccc(N=C(c2ccccc2)c2c(O)n(C(C)=O)c3cc([N+](=O)[O-])ccc23)cn1. The summed E-state index contributed by atoms with van der Waals surface area (Å²) in [4.78, 5) is 31.9. The van der Waals surface area contributed by atoms with Gasteiger partial charge in [0.1, 0.15) is 0 Å². The van der Waals surface area contributed by atoms with Gasteiger partial charge in [0, 0.05) is 36.1 Å². The second-order valence-corrected chi connectivity index (χ2v) is 6.90. The van der Waals surface area contributed by atoms with Gasteiger partial charge in [-0.15, -0.1) is 0 Å². The zero-order valence-corrected chi connectivity index (χ0v) is 17.2. The van der Waals surface area contributed by atoms with Crippen molar-refractivity contribution in [2.24, 2.45) is 4.99 Å². The molecule has 0 aliphatic carbocycles. The van der Waals surface area contributed by atoms with Crippen molar-refractivity contribution in [2.75, 3.05) is 7.11 Å². The highest BCUT2D eigenvalue weighted by molar-refractivity contribution is 6.23. The van der Waals surface area contributed by atoms with Crippen LogP contribution in [0, 0.1) is 10.1 Å². The maximum absolute atomic E-state index is 12.3. The molecule has 2 aromatic carbocycles. The molecular formula is C23H18N4O5. The van der Waals surface area contributed by atoms with E-state index in [0.29, 0.717) is 28.2 Å². The van der Waals surface area contributed by atoms with Gasteiger partial charge < -0.3 is 9.84 Å². The molecule has 160 valence electrons. The molecule has 32 heavy (non-hydrogen) atoms. The number of aliphatic imine (C=N–C) groups is 1. The molecular weight excluding hydrogens is 412 g/mol. The monoisotopic (exact) mass is 430 g/mol. The van der Waals surface area contributed by atoms with Crippen molar-refractivity contribution in [1.82, 2.24) is 9.55 Å². The molecule has 0 saturated carbocycles. The number of benzene rings is 2. The first-order valence-corrected chi connectivity index (χ1v) is 9.58. The van der Waals surface area contributed by atoms with Crippen molar-refractivity contribution in [1.29, 1.82) is 0 Å². The Morgan fingerprint density at radius 2 is 1.91 bits per heavy atom. The summed E-state index contributed by atoms with van der Waals surface area (Å²) in [5.41, 5.74) is 1.87. The Hall–Kier alpha value is -4.53. The molecule has 9 nitrogen and oxygen atoms in total. The Balaban J connectivity index is 2.04. The summed E-state index contributed by atoms with van der Waals surface area (Å²) in [5.74, 6) is -0.414. The van der Waals surface area contributed by atoms with Crippen molar-refractivity contribution >= 4 is 33.9 Å². The fraction of sp³-hybridized carbons (Fsp3) is 0.0870. The number of fused-ring (bicyclic) bond motifs is 1. The third-order valence-corrected chi connectivity index (χ3v) is 4.91. The van der Waals surface area contributed by atoms with Crippen LogP contribution in [0.15, 0.2) is 71.9 Å². The topological polar surface area (TPSA) is 120 Å². The Bertz CT molecular complexity index is 1360. The lowest BCUT2D eigenvalue weighted by Crippen LogP contribution is -2.06. The van der Waals surface area contributed by atoms with Crippen molar-refractivity contribution in [3.63, 3.8) is 0 Å². The van der Waals surface area contributed by atoms with Crippen LogP contribution in [-0.4, -0.2) is 38.3 Å². The number of hydrogen-bond acceptors (Lipinski definition) is 7. The lowest BCUT2D eigenvalue weighted by atomic mass is 10.0. The van der Waals surface area contributed by atoms with Gasteiger partial charge >= 0.3 is 0 Å². The van der Waals surface area contributed by atoms with Crippen molar-refractivity contribution in [2.45, 2.75) is 6.92 Å². The number of nitro groups is 1. The van der Waals surface area contributed by atoms with Gasteiger partial charge in [-0.2, -0.15) is 0 Å². The number of carbonyl (C=O) groups is 1. The first-order valence-electron chi connectivity index (χ1n) is 9.58. The number of aromatic hydroxyl groups is 1. The van der Waals surface area contributed by atoms with E-state index < -0.39 is 10.8 Å². The number of aromatic nitrogens is 2. The number of non-ortho nitro benzene ring substituents is 1. The zero-order chi connectivity index (χ0) is 22.8. The van der Waals surface area contributed by atoms with Gasteiger partial charge in [-0.05, 0) is 12.1 Å². The molecule has 1 N–H and O–H groups in total. The Kier molecular flexibility index (Phi) is 5.38. The zero-order valence-electron chi connectivity index (χ0n) is 17.2. The van der Waals surface area contributed by atoms with Crippen molar-refractivity contribution in [3.8, 4) is 11.8 Å². The summed E-state index contributed by atoms with van der Waals surface area (Å²) in [6.45, 7) is 1.27. The third-order valence-electron chi connectivity index (χ3n) is 4.91. The van der Waals surface area contributed by atoms with E-state index in [2.05, 4.69) is 4.98 Å². The highest BCUT2D eigenvalue weighted by atomic mass is 16.6. The predicted molar refractivity (Wildman–Crippen MR) is 119 cm³/mol. The van der Waals surface area contributed by atoms with Crippen LogP contribution in [0.2, 0.25) is 0 Å². The minimum Gasteiger partial charge on any atom is -0.494 e. The average molecular weight is 430 g/mol. The van der Waals surface area contributed by atoms with Crippen LogP contribution < -0.4 is 4.74 Å². The first kappa shape index (κ1) is 20.7. The molecule has 0 saturated heterocycles. The second kappa shape index (κ2) is 8.31. The van der Waals surface area contributed by atoms with Gasteiger partial charge in [0.2, 0.25) is 17.7 Å². The lowest BCUT2D eigenvalue weighted by molar-refractivity contribution is -0.384. The van der Waals surface area contributed by atoms with E-state index in [-0.39, 0.29) is 22.6 Å². The average Bonchev–Trinajstić information content (AvgIpc) is 3.09. The molecule has 0 atom stereocenters. The second-order valence-electron chi connectivity index (χ2n) is 6.90. The number of rotatable bonds is 5. The van der Waals surface area contributed by atoms with Gasteiger partial charge in [-0.1, -0.05) is 30.3 Å². The summed E-state index contributed by atoms with van der Waals surface area (Å²) in [6.07, 6.45) is 1.52. The van der Waals surface area contributed by atoms with Crippen LogP contribution in [0.25, 0.3) is 10.9 Å².